The molecule has 0 radical (unpaired) electrons. The maximum atomic E-state index is 12.5. The van der Waals surface area contributed by atoms with Gasteiger partial charge in [-0.05, 0) is 31.2 Å². The molecule has 2 aromatic rings. The summed E-state index contributed by atoms with van der Waals surface area (Å²) in [6.07, 6.45) is 1.74. The van der Waals surface area contributed by atoms with Crippen LogP contribution in [-0.4, -0.2) is 41.9 Å². The van der Waals surface area contributed by atoms with Crippen molar-refractivity contribution in [2.75, 3.05) is 21.3 Å². The third kappa shape index (κ3) is 3.21. The van der Waals surface area contributed by atoms with Gasteiger partial charge in [0.2, 0.25) is 0 Å². The second kappa shape index (κ2) is 6.98. The van der Waals surface area contributed by atoms with E-state index in [2.05, 4.69) is 5.10 Å². The van der Waals surface area contributed by atoms with Gasteiger partial charge >= 0.3 is 0 Å². The molecule has 0 aliphatic carbocycles. The smallest absolute Gasteiger partial charge is 0.254 e. The number of hydrogen-bond donors (Lipinski definition) is 0. The first kappa shape index (κ1) is 15.9. The fourth-order valence-corrected chi connectivity index (χ4v) is 2.28. The van der Waals surface area contributed by atoms with Crippen LogP contribution in [0.4, 0.5) is 0 Å². The van der Waals surface area contributed by atoms with Crippen LogP contribution in [0.1, 0.15) is 23.0 Å². The molecule has 0 aliphatic rings. The molecule has 6 nitrogen and oxygen atoms in total. The van der Waals surface area contributed by atoms with Gasteiger partial charge in [0.15, 0.2) is 11.5 Å². The largest absolute Gasteiger partial charge is 0.493 e. The molecule has 6 heteroatoms. The fraction of sp³-hybridized carbons (Fsp3) is 0.375. The number of amides is 1. The topological polar surface area (TPSA) is 56.6 Å². The molecule has 2 rings (SSSR count). The van der Waals surface area contributed by atoms with E-state index in [0.29, 0.717) is 23.6 Å². The van der Waals surface area contributed by atoms with Crippen molar-refractivity contribution in [3.8, 4) is 11.5 Å². The lowest BCUT2D eigenvalue weighted by Gasteiger charge is -2.18. The molecule has 1 amide bonds. The van der Waals surface area contributed by atoms with Crippen molar-refractivity contribution < 1.29 is 14.3 Å². The highest BCUT2D eigenvalue weighted by atomic mass is 16.5. The van der Waals surface area contributed by atoms with E-state index in [0.717, 1.165) is 12.2 Å². The summed E-state index contributed by atoms with van der Waals surface area (Å²) in [5.41, 5.74) is 1.56. The van der Waals surface area contributed by atoms with Gasteiger partial charge in [0.25, 0.3) is 5.91 Å². The van der Waals surface area contributed by atoms with Gasteiger partial charge in [0.05, 0.1) is 26.5 Å². The van der Waals surface area contributed by atoms with Gasteiger partial charge in [-0.1, -0.05) is 0 Å². The Morgan fingerprint density at radius 1 is 1.23 bits per heavy atom. The van der Waals surface area contributed by atoms with Gasteiger partial charge in [0, 0.05) is 25.4 Å². The van der Waals surface area contributed by atoms with Gasteiger partial charge in [0.1, 0.15) is 0 Å². The van der Waals surface area contributed by atoms with Crippen molar-refractivity contribution in [3.05, 3.63) is 41.7 Å². The quantitative estimate of drug-likeness (QED) is 0.821. The molecular weight excluding hydrogens is 282 g/mol. The number of hydrogen-bond acceptors (Lipinski definition) is 4. The molecule has 0 aliphatic heterocycles. The molecule has 0 spiro atoms. The molecule has 0 N–H and O–H groups in total. The van der Waals surface area contributed by atoms with Gasteiger partial charge in [-0.25, -0.2) is 0 Å². The monoisotopic (exact) mass is 303 g/mol. The average Bonchev–Trinajstić information content (AvgIpc) is 3.00. The number of benzene rings is 1. The lowest BCUT2D eigenvalue weighted by molar-refractivity contribution is 0.0781. The van der Waals surface area contributed by atoms with E-state index in [-0.39, 0.29) is 5.91 Å². The number of nitrogens with zero attached hydrogens (tertiary/aromatic N) is 3. The summed E-state index contributed by atoms with van der Waals surface area (Å²) >= 11 is 0. The number of aryl methyl sites for hydroxylation is 1. The summed E-state index contributed by atoms with van der Waals surface area (Å²) in [5.74, 6) is 1.07. The van der Waals surface area contributed by atoms with Crippen LogP contribution in [0.2, 0.25) is 0 Å². The molecule has 0 atom stereocenters. The van der Waals surface area contributed by atoms with Crippen molar-refractivity contribution in [2.24, 2.45) is 0 Å². The van der Waals surface area contributed by atoms with Crippen molar-refractivity contribution in [3.63, 3.8) is 0 Å². The van der Waals surface area contributed by atoms with E-state index < -0.39 is 0 Å². The van der Waals surface area contributed by atoms with Gasteiger partial charge < -0.3 is 14.4 Å². The van der Waals surface area contributed by atoms with Crippen LogP contribution >= 0.6 is 0 Å². The van der Waals surface area contributed by atoms with Gasteiger partial charge in [-0.15, -0.1) is 0 Å². The third-order valence-corrected chi connectivity index (χ3v) is 3.48. The second-order valence-electron chi connectivity index (χ2n) is 4.87. The van der Waals surface area contributed by atoms with E-state index in [1.54, 1.807) is 50.6 Å². The van der Waals surface area contributed by atoms with Crippen LogP contribution < -0.4 is 9.47 Å². The number of carbonyl (C=O) groups is 1. The van der Waals surface area contributed by atoms with Crippen LogP contribution in [-0.2, 0) is 13.1 Å². The summed E-state index contributed by atoms with van der Waals surface area (Å²) in [6, 6.07) is 7.07. The molecular formula is C16H21N3O3. The lowest BCUT2D eigenvalue weighted by atomic mass is 10.1. The third-order valence-electron chi connectivity index (χ3n) is 3.48. The molecule has 0 fully saturated rings. The minimum atomic E-state index is -0.0789. The average molecular weight is 303 g/mol. The predicted octanol–water partition coefficient (Wildman–Crippen LogP) is 2.19. The van der Waals surface area contributed by atoms with E-state index >= 15 is 0 Å². The summed E-state index contributed by atoms with van der Waals surface area (Å²) in [7, 11) is 4.89. The summed E-state index contributed by atoms with van der Waals surface area (Å²) in [4.78, 5) is 14.2. The van der Waals surface area contributed by atoms with Gasteiger partial charge in [-0.2, -0.15) is 5.10 Å². The van der Waals surface area contributed by atoms with Crippen LogP contribution in [0.15, 0.2) is 30.5 Å². The molecule has 1 heterocycles. The SMILES string of the molecule is CCn1nccc1CN(C)C(=O)c1ccc(OC)c(OC)c1. The Bertz CT molecular complexity index is 652. The van der Waals surface area contributed by atoms with E-state index in [1.165, 1.54) is 0 Å². The highest BCUT2D eigenvalue weighted by molar-refractivity contribution is 5.94. The predicted molar refractivity (Wildman–Crippen MR) is 83.2 cm³/mol. The molecule has 0 saturated carbocycles. The van der Waals surface area contributed by atoms with Crippen LogP contribution in [0, 0.1) is 0 Å². The molecule has 1 aromatic heterocycles. The Morgan fingerprint density at radius 3 is 2.59 bits per heavy atom. The fourth-order valence-electron chi connectivity index (χ4n) is 2.28. The molecule has 0 unspecified atom stereocenters. The number of rotatable bonds is 6. The minimum Gasteiger partial charge on any atom is -0.493 e. The van der Waals surface area contributed by atoms with Crippen molar-refractivity contribution in [2.45, 2.75) is 20.0 Å². The van der Waals surface area contributed by atoms with Crippen LogP contribution in [0.5, 0.6) is 11.5 Å². The Kier molecular flexibility index (Phi) is 5.04. The molecule has 0 saturated heterocycles. The minimum absolute atomic E-state index is 0.0789. The van der Waals surface area contributed by atoms with Crippen molar-refractivity contribution in [1.29, 1.82) is 0 Å². The first-order valence-corrected chi connectivity index (χ1v) is 7.08. The number of carbonyl (C=O) groups excluding carboxylic acids is 1. The summed E-state index contributed by atoms with van der Waals surface area (Å²) in [6.45, 7) is 3.30. The normalized spacial score (nSPS) is 10.4. The van der Waals surface area contributed by atoms with Crippen molar-refractivity contribution >= 4 is 5.91 Å². The highest BCUT2D eigenvalue weighted by Crippen LogP contribution is 2.28. The number of aromatic nitrogens is 2. The van der Waals surface area contributed by atoms with Crippen LogP contribution in [0.25, 0.3) is 0 Å². The molecule has 0 bridgehead atoms. The van der Waals surface area contributed by atoms with E-state index in [9.17, 15) is 4.79 Å². The zero-order chi connectivity index (χ0) is 16.1. The zero-order valence-electron chi connectivity index (χ0n) is 13.4. The second-order valence-corrected chi connectivity index (χ2v) is 4.87. The maximum absolute atomic E-state index is 12.5. The molecule has 22 heavy (non-hydrogen) atoms. The maximum Gasteiger partial charge on any atom is 0.254 e. The standard InChI is InChI=1S/C16H21N3O3/c1-5-19-13(8-9-17-19)11-18(2)16(20)12-6-7-14(21-3)15(10-12)22-4/h6-10H,5,11H2,1-4H3. The summed E-state index contributed by atoms with van der Waals surface area (Å²) in [5, 5.41) is 4.21. The first-order chi connectivity index (χ1) is 10.6. The Balaban J connectivity index is 2.17. The Morgan fingerprint density at radius 2 is 1.95 bits per heavy atom. The Hall–Kier alpha value is -2.50. The first-order valence-electron chi connectivity index (χ1n) is 7.08. The Labute approximate surface area is 130 Å². The van der Waals surface area contributed by atoms with E-state index in [1.807, 2.05) is 17.7 Å². The highest BCUT2D eigenvalue weighted by Gasteiger charge is 2.16. The molecule has 118 valence electrons. The van der Waals surface area contributed by atoms with Gasteiger partial charge in [-0.3, -0.25) is 9.48 Å². The zero-order valence-corrected chi connectivity index (χ0v) is 13.4. The lowest BCUT2D eigenvalue weighted by Crippen LogP contribution is -2.27. The number of methoxy groups -OCH3 is 2. The summed E-state index contributed by atoms with van der Waals surface area (Å²) < 4.78 is 12.3. The molecule has 1 aromatic carbocycles. The number of ether oxygens (including phenoxy) is 2. The van der Waals surface area contributed by atoms with Crippen LogP contribution in [0.3, 0.4) is 0 Å². The van der Waals surface area contributed by atoms with Crippen molar-refractivity contribution in [1.82, 2.24) is 14.7 Å². The van der Waals surface area contributed by atoms with E-state index in [4.69, 9.17) is 9.47 Å².